The second kappa shape index (κ2) is 9.32. The van der Waals surface area contributed by atoms with E-state index in [1.54, 1.807) is 48.5 Å². The number of ether oxygens (including phenoxy) is 1. The lowest BCUT2D eigenvalue weighted by Gasteiger charge is -2.12. The Labute approximate surface area is 183 Å². The summed E-state index contributed by atoms with van der Waals surface area (Å²) in [7, 11) is -0.450. The average Bonchev–Trinajstić information content (AvgIpc) is 2.72. The van der Waals surface area contributed by atoms with E-state index in [1.165, 1.54) is 18.4 Å². The van der Waals surface area contributed by atoms with Crippen molar-refractivity contribution in [2.75, 3.05) is 19.4 Å². The molecule has 31 heavy (non-hydrogen) atoms. The van der Waals surface area contributed by atoms with E-state index in [0.29, 0.717) is 11.3 Å². The van der Waals surface area contributed by atoms with E-state index < -0.39 is 10.0 Å². The first-order chi connectivity index (χ1) is 14.6. The Morgan fingerprint density at radius 3 is 2.03 bits per heavy atom. The number of nitrogens with zero attached hydrogens (tertiary/aromatic N) is 1. The van der Waals surface area contributed by atoms with Crippen LogP contribution in [0.25, 0.3) is 0 Å². The Balaban J connectivity index is 1.60. The summed E-state index contributed by atoms with van der Waals surface area (Å²) in [6.45, 7) is 4.27. The summed E-state index contributed by atoms with van der Waals surface area (Å²) < 4.78 is 31.2. The van der Waals surface area contributed by atoms with Crippen molar-refractivity contribution in [3.05, 3.63) is 89.0 Å². The van der Waals surface area contributed by atoms with Gasteiger partial charge in [-0.2, -0.15) is 0 Å². The van der Waals surface area contributed by atoms with Gasteiger partial charge in [0.05, 0.1) is 4.90 Å². The molecule has 0 saturated carbocycles. The van der Waals surface area contributed by atoms with Crippen LogP contribution in [-0.4, -0.2) is 32.7 Å². The van der Waals surface area contributed by atoms with Crippen LogP contribution in [0.3, 0.4) is 0 Å². The van der Waals surface area contributed by atoms with Crippen LogP contribution in [0.4, 0.5) is 5.69 Å². The molecule has 0 unspecified atom stereocenters. The largest absolute Gasteiger partial charge is 0.489 e. The minimum Gasteiger partial charge on any atom is -0.489 e. The Morgan fingerprint density at radius 1 is 0.903 bits per heavy atom. The fourth-order valence-electron chi connectivity index (χ4n) is 3.09. The fraction of sp³-hybridized carbons (Fsp3) is 0.208. The summed E-state index contributed by atoms with van der Waals surface area (Å²) in [6, 6.07) is 19.4. The summed E-state index contributed by atoms with van der Waals surface area (Å²) in [5.41, 5.74) is 4.32. The molecule has 3 aromatic carbocycles. The number of carbonyl (C=O) groups excluding carboxylic acids is 1. The smallest absolute Gasteiger partial charge is 0.255 e. The highest BCUT2D eigenvalue weighted by Crippen LogP contribution is 2.19. The van der Waals surface area contributed by atoms with Gasteiger partial charge >= 0.3 is 0 Å². The van der Waals surface area contributed by atoms with E-state index in [0.717, 1.165) is 22.4 Å². The van der Waals surface area contributed by atoms with Gasteiger partial charge in [-0.1, -0.05) is 18.2 Å². The maximum atomic E-state index is 12.5. The number of rotatable bonds is 7. The molecule has 0 fully saturated rings. The highest BCUT2D eigenvalue weighted by molar-refractivity contribution is 7.89. The standard InChI is InChI=1S/C24H26N2O4S/c1-17-13-18(2)15-21(14-17)25-24(27)20-7-9-22(10-8-20)30-16-19-5-11-23(12-6-19)31(28,29)26(3)4/h5-15H,16H2,1-4H3,(H,25,27). The van der Waals surface area contributed by atoms with E-state index in [2.05, 4.69) is 11.4 Å². The highest BCUT2D eigenvalue weighted by atomic mass is 32.2. The van der Waals surface area contributed by atoms with Crippen molar-refractivity contribution < 1.29 is 17.9 Å². The summed E-state index contributed by atoms with van der Waals surface area (Å²) >= 11 is 0. The summed E-state index contributed by atoms with van der Waals surface area (Å²) in [4.78, 5) is 12.7. The fourth-order valence-corrected chi connectivity index (χ4v) is 3.99. The molecule has 3 rings (SSSR count). The zero-order chi connectivity index (χ0) is 22.6. The molecule has 0 aliphatic carbocycles. The number of sulfonamides is 1. The molecule has 3 aromatic rings. The minimum absolute atomic E-state index is 0.186. The predicted octanol–water partition coefficient (Wildman–Crippen LogP) is 4.39. The molecule has 1 amide bonds. The van der Waals surface area contributed by atoms with Gasteiger partial charge < -0.3 is 10.1 Å². The van der Waals surface area contributed by atoms with Crippen molar-refractivity contribution in [3.63, 3.8) is 0 Å². The van der Waals surface area contributed by atoms with Crippen molar-refractivity contribution in [1.29, 1.82) is 0 Å². The van der Waals surface area contributed by atoms with Gasteiger partial charge in [-0.05, 0) is 79.1 Å². The monoisotopic (exact) mass is 438 g/mol. The molecule has 0 heterocycles. The van der Waals surface area contributed by atoms with Gasteiger partial charge in [0.25, 0.3) is 5.91 Å². The topological polar surface area (TPSA) is 75.7 Å². The summed E-state index contributed by atoms with van der Waals surface area (Å²) in [6.07, 6.45) is 0. The minimum atomic E-state index is -3.45. The predicted molar refractivity (Wildman–Crippen MR) is 122 cm³/mol. The van der Waals surface area contributed by atoms with Crippen LogP contribution in [0, 0.1) is 13.8 Å². The Morgan fingerprint density at radius 2 is 1.48 bits per heavy atom. The number of hydrogen-bond acceptors (Lipinski definition) is 4. The van der Waals surface area contributed by atoms with E-state index >= 15 is 0 Å². The van der Waals surface area contributed by atoms with Crippen molar-refractivity contribution in [2.45, 2.75) is 25.3 Å². The lowest BCUT2D eigenvalue weighted by molar-refractivity contribution is 0.102. The zero-order valence-electron chi connectivity index (χ0n) is 18.0. The van der Waals surface area contributed by atoms with E-state index in [4.69, 9.17) is 4.74 Å². The number of anilines is 1. The molecule has 0 aliphatic heterocycles. The quantitative estimate of drug-likeness (QED) is 0.594. The van der Waals surface area contributed by atoms with Crippen LogP contribution in [0.2, 0.25) is 0 Å². The zero-order valence-corrected chi connectivity index (χ0v) is 18.9. The van der Waals surface area contributed by atoms with E-state index in [9.17, 15) is 13.2 Å². The van der Waals surface area contributed by atoms with E-state index in [1.807, 2.05) is 26.0 Å². The van der Waals surface area contributed by atoms with Crippen LogP contribution >= 0.6 is 0 Å². The second-order valence-corrected chi connectivity index (χ2v) is 9.73. The van der Waals surface area contributed by atoms with Gasteiger partial charge in [-0.3, -0.25) is 4.79 Å². The van der Waals surface area contributed by atoms with Crippen molar-refractivity contribution in [2.24, 2.45) is 0 Å². The molecule has 6 nitrogen and oxygen atoms in total. The lowest BCUT2D eigenvalue weighted by atomic mass is 10.1. The van der Waals surface area contributed by atoms with Gasteiger partial charge in [-0.25, -0.2) is 12.7 Å². The third-order valence-electron chi connectivity index (χ3n) is 4.70. The first-order valence-electron chi connectivity index (χ1n) is 9.79. The normalized spacial score (nSPS) is 11.4. The molecule has 1 N–H and O–H groups in total. The SMILES string of the molecule is Cc1cc(C)cc(NC(=O)c2ccc(OCc3ccc(S(=O)(=O)N(C)C)cc3)cc2)c1. The van der Waals surface area contributed by atoms with Crippen LogP contribution in [0.5, 0.6) is 5.75 Å². The van der Waals surface area contributed by atoms with Crippen LogP contribution in [-0.2, 0) is 16.6 Å². The number of aryl methyl sites for hydroxylation is 2. The average molecular weight is 439 g/mol. The highest BCUT2D eigenvalue weighted by Gasteiger charge is 2.16. The van der Waals surface area contributed by atoms with Crippen molar-refractivity contribution in [3.8, 4) is 5.75 Å². The first-order valence-corrected chi connectivity index (χ1v) is 11.2. The molecule has 7 heteroatoms. The number of nitrogens with one attached hydrogen (secondary N) is 1. The molecule has 0 saturated heterocycles. The molecule has 0 aliphatic rings. The Bertz CT molecular complexity index is 1150. The molecular formula is C24H26N2O4S. The van der Waals surface area contributed by atoms with Crippen molar-refractivity contribution in [1.82, 2.24) is 4.31 Å². The maximum absolute atomic E-state index is 12.5. The Hall–Kier alpha value is -3.16. The molecular weight excluding hydrogens is 412 g/mol. The number of hydrogen-bond donors (Lipinski definition) is 1. The van der Waals surface area contributed by atoms with Crippen LogP contribution < -0.4 is 10.1 Å². The third kappa shape index (κ3) is 5.71. The maximum Gasteiger partial charge on any atom is 0.255 e. The molecule has 0 radical (unpaired) electrons. The number of benzene rings is 3. The molecule has 0 spiro atoms. The lowest BCUT2D eigenvalue weighted by Crippen LogP contribution is -2.22. The number of carbonyl (C=O) groups is 1. The van der Waals surface area contributed by atoms with Gasteiger partial charge in [0, 0.05) is 25.3 Å². The van der Waals surface area contributed by atoms with Gasteiger partial charge in [0.2, 0.25) is 10.0 Å². The summed E-state index contributed by atoms with van der Waals surface area (Å²) in [5, 5.41) is 2.91. The van der Waals surface area contributed by atoms with Gasteiger partial charge in [-0.15, -0.1) is 0 Å². The third-order valence-corrected chi connectivity index (χ3v) is 6.53. The number of amides is 1. The van der Waals surface area contributed by atoms with Crippen LogP contribution in [0.15, 0.2) is 71.6 Å². The molecule has 0 aromatic heterocycles. The second-order valence-electron chi connectivity index (χ2n) is 7.57. The molecule has 0 atom stereocenters. The van der Waals surface area contributed by atoms with Crippen molar-refractivity contribution >= 4 is 21.6 Å². The van der Waals surface area contributed by atoms with Crippen LogP contribution in [0.1, 0.15) is 27.0 Å². The summed E-state index contributed by atoms with van der Waals surface area (Å²) in [5.74, 6) is 0.433. The van der Waals surface area contributed by atoms with Gasteiger partial charge in [0.1, 0.15) is 12.4 Å². The first kappa shape index (κ1) is 22.5. The molecule has 162 valence electrons. The molecule has 0 bridgehead atoms. The Kier molecular flexibility index (Phi) is 6.77. The van der Waals surface area contributed by atoms with Gasteiger partial charge in [0.15, 0.2) is 0 Å². The van der Waals surface area contributed by atoms with E-state index in [-0.39, 0.29) is 17.4 Å².